The summed E-state index contributed by atoms with van der Waals surface area (Å²) in [6, 6.07) is -8.45. The second-order valence-electron chi connectivity index (χ2n) is 25.3. The van der Waals surface area contributed by atoms with Crippen LogP contribution in [0.5, 0.6) is 0 Å². The quantitative estimate of drug-likeness (QED) is 0.260. The van der Waals surface area contributed by atoms with Crippen LogP contribution < -0.4 is 5.32 Å². The number of hydrazine groups is 6. The van der Waals surface area contributed by atoms with Gasteiger partial charge in [-0.3, -0.25) is 38.6 Å². The minimum atomic E-state index is -0.971. The Labute approximate surface area is 521 Å². The van der Waals surface area contributed by atoms with Crippen LogP contribution in [-0.2, 0) is 33.6 Å². The van der Waals surface area contributed by atoms with Gasteiger partial charge in [-0.2, -0.15) is 0 Å². The monoisotopic (exact) mass is 1260 g/mol. The van der Waals surface area contributed by atoms with E-state index >= 15 is 0 Å². The van der Waals surface area contributed by atoms with E-state index in [4.69, 9.17) is 0 Å². The van der Waals surface area contributed by atoms with E-state index < -0.39 is 102 Å². The SMILES string of the molecule is O=CN1CCCN1C(=O)N1CCC[C@H]1C(=O)N1CCCN1C(=O)N1CCC[C@H]1C(=O)N1CCCN1C(=O)N1CCC[C@H]1C(=O)N1CCCN1C(=O)N1CCC[C@H]1C(=O)N1CCCN1C(=O)N1CCC[C@H]1C(=O)N1CCCN1C(=O)N1CCC[C@H]1C(=O)NCCO. The summed E-state index contributed by atoms with van der Waals surface area (Å²) >= 11 is 0. The molecule has 12 saturated heterocycles. The van der Waals surface area contributed by atoms with E-state index in [9.17, 15) is 67.4 Å². The first-order valence-electron chi connectivity index (χ1n) is 32.8. The summed E-state index contributed by atoms with van der Waals surface area (Å²) in [7, 11) is 0. The molecule has 2 N–H and O–H groups in total. The first kappa shape index (κ1) is 62.1. The van der Waals surface area contributed by atoms with E-state index in [-0.39, 0.29) is 111 Å². The number of hydrogen-bond donors (Lipinski definition) is 2. The van der Waals surface area contributed by atoms with Crippen LogP contribution in [0, 0.1) is 0 Å². The van der Waals surface area contributed by atoms with Gasteiger partial charge in [0.2, 0.25) is 12.3 Å². The predicted molar refractivity (Wildman–Crippen MR) is 310 cm³/mol. The molecule has 12 aliphatic heterocycles. The van der Waals surface area contributed by atoms with Crippen LogP contribution in [0.3, 0.4) is 0 Å². The molecular formula is C57H85N19O14. The summed E-state index contributed by atoms with van der Waals surface area (Å²) in [6.45, 7) is 4.19. The first-order valence-corrected chi connectivity index (χ1v) is 32.8. The van der Waals surface area contributed by atoms with E-state index in [1.807, 2.05) is 0 Å². The van der Waals surface area contributed by atoms with Gasteiger partial charge >= 0.3 is 36.2 Å². The van der Waals surface area contributed by atoms with Crippen LogP contribution in [0.1, 0.15) is 116 Å². The highest BCUT2D eigenvalue weighted by Gasteiger charge is 2.53. The molecule has 33 heteroatoms. The van der Waals surface area contributed by atoms with Gasteiger partial charge in [-0.25, -0.2) is 83.9 Å². The minimum absolute atomic E-state index is 0.0515. The van der Waals surface area contributed by atoms with Crippen molar-refractivity contribution in [3.8, 4) is 0 Å². The molecule has 12 rings (SSSR count). The maximum Gasteiger partial charge on any atom is 0.339 e. The molecule has 0 unspecified atom stereocenters. The van der Waals surface area contributed by atoms with Crippen molar-refractivity contribution >= 4 is 78.0 Å². The zero-order valence-corrected chi connectivity index (χ0v) is 51.2. The van der Waals surface area contributed by atoms with Gasteiger partial charge in [-0.05, 0) is 116 Å². The molecule has 19 amide bonds. The number of hydrogen-bond acceptors (Lipinski definition) is 14. The first-order chi connectivity index (χ1) is 43.6. The Balaban J connectivity index is 0.658. The van der Waals surface area contributed by atoms with Crippen molar-refractivity contribution in [2.24, 2.45) is 0 Å². The molecule has 12 heterocycles. The third-order valence-corrected chi connectivity index (χ3v) is 20.1. The second kappa shape index (κ2) is 26.4. The Kier molecular flexibility index (Phi) is 18.2. The average Bonchev–Trinajstić information content (AvgIpc) is 1.65. The Morgan fingerprint density at radius 1 is 0.289 bits per heavy atom. The number of urea groups is 6. The summed E-state index contributed by atoms with van der Waals surface area (Å²) in [5, 5.41) is 28.2. The maximum atomic E-state index is 14.8. The van der Waals surface area contributed by atoms with Crippen LogP contribution >= 0.6 is 0 Å². The van der Waals surface area contributed by atoms with Crippen LogP contribution in [-0.4, -0.2) is 340 Å². The smallest absolute Gasteiger partial charge is 0.339 e. The Hall–Kier alpha value is -8.13. The van der Waals surface area contributed by atoms with Gasteiger partial charge in [-0.15, -0.1) is 0 Å². The van der Waals surface area contributed by atoms with Gasteiger partial charge in [0.1, 0.15) is 36.3 Å². The highest BCUT2D eigenvalue weighted by Crippen LogP contribution is 2.34. The molecule has 0 aromatic rings. The van der Waals surface area contributed by atoms with Gasteiger partial charge in [0, 0.05) is 124 Å². The molecule has 6 atom stereocenters. The lowest BCUT2D eigenvalue weighted by Crippen LogP contribution is -2.61. The van der Waals surface area contributed by atoms with Crippen molar-refractivity contribution in [1.29, 1.82) is 0 Å². The lowest BCUT2D eigenvalue weighted by atomic mass is 10.2. The minimum Gasteiger partial charge on any atom is -0.395 e. The Morgan fingerprint density at radius 2 is 0.511 bits per heavy atom. The van der Waals surface area contributed by atoms with Crippen molar-refractivity contribution in [2.75, 3.05) is 131 Å². The normalized spacial score (nSPS) is 27.2. The number of carbonyl (C=O) groups is 13. The third-order valence-electron chi connectivity index (χ3n) is 20.1. The molecule has 492 valence electrons. The van der Waals surface area contributed by atoms with Crippen molar-refractivity contribution in [3.63, 3.8) is 0 Å². The third kappa shape index (κ3) is 11.3. The number of aliphatic hydroxyl groups is 1. The molecule has 33 nitrogen and oxygen atoms in total. The number of carbonyl (C=O) groups excluding carboxylic acids is 13. The fraction of sp³-hybridized carbons (Fsp3) is 0.772. The molecule has 0 aromatic carbocycles. The standard InChI is InChI=1S/C57H85N19O14/c77-38-19-58-46(79)40-13-1-21-60(40)53(86)72-33-8-27-66(72)48(81)42-15-3-23-62(42)55(88)74-35-10-29-68(74)50(83)44-17-5-25-64(44)57(90)76-37-12-31-70(76)51(84)45-18-6-26-65(45)56(89)75-36-11-30-69(75)49(82)43-16-4-24-63(43)54(87)73-34-9-28-67(73)47(80)41-14-2-22-61(41)52(85)71-32-7-20-59(71)39-78/h39-45,77H,1-38H2,(H,58,79)/t40-,41-,42-,43-,44-,45-/m0/s1. The summed E-state index contributed by atoms with van der Waals surface area (Å²) in [4.78, 5) is 192. The number of rotatable bonds is 9. The molecule has 0 aliphatic carbocycles. The number of aliphatic hydroxyl groups excluding tert-OH is 1. The number of amides is 19. The van der Waals surface area contributed by atoms with Crippen molar-refractivity contribution < 1.29 is 67.4 Å². The van der Waals surface area contributed by atoms with E-state index in [1.54, 1.807) is 0 Å². The van der Waals surface area contributed by atoms with Crippen molar-refractivity contribution in [1.82, 2.24) is 94.8 Å². The Bertz CT molecular complexity index is 2870. The topological polar surface area (TPSA) is 312 Å². The summed E-state index contributed by atoms with van der Waals surface area (Å²) in [5.41, 5.74) is 0. The van der Waals surface area contributed by atoms with Gasteiger partial charge in [0.15, 0.2) is 0 Å². The van der Waals surface area contributed by atoms with Crippen LogP contribution in [0.25, 0.3) is 0 Å². The van der Waals surface area contributed by atoms with Crippen molar-refractivity contribution in [2.45, 2.75) is 152 Å². The second-order valence-corrected chi connectivity index (χ2v) is 25.3. The molecule has 0 saturated carbocycles. The Morgan fingerprint density at radius 3 is 0.778 bits per heavy atom. The average molecular weight is 1260 g/mol. The van der Waals surface area contributed by atoms with Crippen LogP contribution in [0.15, 0.2) is 0 Å². The number of nitrogens with one attached hydrogen (secondary N) is 1. The van der Waals surface area contributed by atoms with Crippen LogP contribution in [0.4, 0.5) is 28.8 Å². The summed E-state index contributed by atoms with van der Waals surface area (Å²) in [6.07, 6.45) is 8.81. The molecule has 12 fully saturated rings. The van der Waals surface area contributed by atoms with Crippen LogP contribution in [0.2, 0.25) is 0 Å². The van der Waals surface area contributed by atoms with E-state index in [1.165, 1.54) is 89.5 Å². The fourth-order valence-electron chi connectivity index (χ4n) is 15.7. The largest absolute Gasteiger partial charge is 0.395 e. The van der Waals surface area contributed by atoms with Gasteiger partial charge < -0.3 is 39.8 Å². The molecule has 90 heavy (non-hydrogen) atoms. The lowest BCUT2D eigenvalue weighted by molar-refractivity contribution is -0.148. The van der Waals surface area contributed by atoms with Gasteiger partial charge in [0.05, 0.1) is 6.61 Å². The van der Waals surface area contributed by atoms with E-state index in [2.05, 4.69) is 5.32 Å². The number of nitrogens with zero attached hydrogens (tertiary/aromatic N) is 18. The molecule has 12 aliphatic rings. The van der Waals surface area contributed by atoms with Crippen molar-refractivity contribution in [3.05, 3.63) is 0 Å². The summed E-state index contributed by atoms with van der Waals surface area (Å²) < 4.78 is 0. The highest BCUT2D eigenvalue weighted by atomic mass is 16.3. The zero-order valence-electron chi connectivity index (χ0n) is 51.2. The molecule has 0 aromatic heterocycles. The molecular weight excluding hydrogens is 1170 g/mol. The lowest BCUT2D eigenvalue weighted by Gasteiger charge is -2.40. The van der Waals surface area contributed by atoms with Gasteiger partial charge in [0.25, 0.3) is 29.5 Å². The molecule has 0 bridgehead atoms. The maximum absolute atomic E-state index is 14.8. The predicted octanol–water partition coefficient (Wildman–Crippen LogP) is -1.07. The molecule has 0 radical (unpaired) electrons. The fourth-order valence-corrected chi connectivity index (χ4v) is 15.7. The van der Waals surface area contributed by atoms with Gasteiger partial charge in [-0.1, -0.05) is 0 Å². The molecule has 0 spiro atoms. The zero-order chi connectivity index (χ0) is 63.1. The van der Waals surface area contributed by atoms with E-state index in [0.29, 0.717) is 148 Å². The highest BCUT2D eigenvalue weighted by molar-refractivity contribution is 5.96. The summed E-state index contributed by atoms with van der Waals surface area (Å²) in [5.74, 6) is -2.60. The number of likely N-dealkylation sites (tertiary alicyclic amines) is 6. The van der Waals surface area contributed by atoms with E-state index in [0.717, 1.165) is 0 Å².